The summed E-state index contributed by atoms with van der Waals surface area (Å²) in [7, 11) is 0. The normalized spacial score (nSPS) is 11.4. The number of ketones is 1. The molecule has 3 rings (SSSR count). The first-order chi connectivity index (χ1) is 15.8. The number of Topliss-reactive ketones (excluding diaryl/α,β-unsaturated/α-hetero) is 1. The van der Waals surface area contributed by atoms with E-state index in [9.17, 15) is 14.7 Å². The summed E-state index contributed by atoms with van der Waals surface area (Å²) in [6.45, 7) is 4.04. The highest BCUT2D eigenvalue weighted by atomic mass is 35.5. The van der Waals surface area contributed by atoms with Crippen LogP contribution in [-0.2, 0) is 6.54 Å². The van der Waals surface area contributed by atoms with Gasteiger partial charge in [-0.15, -0.1) is 0 Å². The van der Waals surface area contributed by atoms with Crippen LogP contribution >= 0.6 is 11.6 Å². The lowest BCUT2D eigenvalue weighted by atomic mass is 10.1. The zero-order chi connectivity index (χ0) is 24.0. The summed E-state index contributed by atoms with van der Waals surface area (Å²) >= 11 is 6.21. The zero-order valence-corrected chi connectivity index (χ0v) is 18.7. The number of benzene rings is 2. The molecule has 0 spiro atoms. The molecule has 0 bridgehead atoms. The zero-order valence-electron chi connectivity index (χ0n) is 17.9. The second-order valence-electron chi connectivity index (χ2n) is 7.00. The third kappa shape index (κ3) is 6.10. The van der Waals surface area contributed by atoms with Crippen LogP contribution in [0.2, 0.25) is 5.02 Å². The molecule has 0 radical (unpaired) electrons. The molecule has 2 aromatic carbocycles. The van der Waals surface area contributed by atoms with Crippen LogP contribution in [0, 0.1) is 11.3 Å². The van der Waals surface area contributed by atoms with Gasteiger partial charge >= 0.3 is 0 Å². The Bertz CT molecular complexity index is 1220. The average molecular weight is 469 g/mol. The highest BCUT2D eigenvalue weighted by molar-refractivity contribution is 6.32. The fourth-order valence-corrected chi connectivity index (χ4v) is 3.03. The summed E-state index contributed by atoms with van der Waals surface area (Å²) in [6.07, 6.45) is 1.23. The quantitative estimate of drug-likeness (QED) is 0.358. The number of nitrogens with one attached hydrogen (secondary N) is 1. The van der Waals surface area contributed by atoms with Crippen LogP contribution in [0.25, 0.3) is 0 Å². The van der Waals surface area contributed by atoms with Gasteiger partial charge in [-0.1, -0.05) is 11.6 Å². The van der Waals surface area contributed by atoms with Crippen molar-refractivity contribution >= 4 is 29.1 Å². The van der Waals surface area contributed by atoms with E-state index in [2.05, 4.69) is 10.4 Å². The van der Waals surface area contributed by atoms with Gasteiger partial charge in [-0.05, 0) is 44.2 Å². The van der Waals surface area contributed by atoms with Crippen molar-refractivity contribution in [2.75, 3.05) is 11.9 Å². The van der Waals surface area contributed by atoms with Crippen LogP contribution in [0.15, 0.2) is 48.7 Å². The molecule has 0 aliphatic heterocycles. The monoisotopic (exact) mass is 468 g/mol. The molecule has 0 fully saturated rings. The summed E-state index contributed by atoms with van der Waals surface area (Å²) in [5.74, 6) is -0.0220. The first-order valence-electron chi connectivity index (χ1n) is 10.0. The molecular weight excluding hydrogens is 448 g/mol. The van der Waals surface area contributed by atoms with E-state index >= 15 is 0 Å². The summed E-state index contributed by atoms with van der Waals surface area (Å²) in [5, 5.41) is 25.1. The predicted octanol–water partition coefficient (Wildman–Crippen LogP) is 4.07. The number of amides is 1. The molecule has 1 heterocycles. The van der Waals surface area contributed by atoms with Gasteiger partial charge in [0.05, 0.1) is 11.6 Å². The molecule has 1 aromatic heterocycles. The van der Waals surface area contributed by atoms with Crippen molar-refractivity contribution in [1.29, 1.82) is 5.26 Å². The molecule has 0 unspecified atom stereocenters. The molecule has 3 aromatic rings. The Morgan fingerprint density at radius 3 is 2.61 bits per heavy atom. The number of aliphatic hydroxyl groups is 1. The van der Waals surface area contributed by atoms with E-state index in [4.69, 9.17) is 26.3 Å². The van der Waals surface area contributed by atoms with E-state index in [0.717, 1.165) is 0 Å². The number of anilines is 1. The second-order valence-corrected chi connectivity index (χ2v) is 7.41. The lowest BCUT2D eigenvalue weighted by molar-refractivity contribution is 0.102. The van der Waals surface area contributed by atoms with Crippen molar-refractivity contribution in [3.05, 3.63) is 64.8 Å². The van der Waals surface area contributed by atoms with Gasteiger partial charge in [-0.3, -0.25) is 14.3 Å². The molecule has 10 heteroatoms. The Kier molecular flexibility index (Phi) is 7.66. The number of carbonyl (C=O) groups excluding carboxylic acids is 2. The van der Waals surface area contributed by atoms with E-state index in [1.54, 1.807) is 29.9 Å². The van der Waals surface area contributed by atoms with Crippen molar-refractivity contribution in [1.82, 2.24) is 9.78 Å². The van der Waals surface area contributed by atoms with Crippen molar-refractivity contribution in [2.24, 2.45) is 0 Å². The Balaban J connectivity index is 1.90. The van der Waals surface area contributed by atoms with Gasteiger partial charge in [-0.2, -0.15) is 10.4 Å². The van der Waals surface area contributed by atoms with Gasteiger partial charge < -0.3 is 19.9 Å². The maximum absolute atomic E-state index is 12.8. The number of hydrogen-bond acceptors (Lipinski definition) is 7. The van der Waals surface area contributed by atoms with Crippen molar-refractivity contribution in [3.63, 3.8) is 0 Å². The molecule has 2 N–H and O–H groups in total. The molecule has 0 aliphatic carbocycles. The molecule has 1 atom stereocenters. The van der Waals surface area contributed by atoms with E-state index in [1.165, 1.54) is 36.4 Å². The Hall–Kier alpha value is -3.87. The van der Waals surface area contributed by atoms with E-state index in [1.807, 2.05) is 6.92 Å². The van der Waals surface area contributed by atoms with Crippen LogP contribution < -0.4 is 14.8 Å². The summed E-state index contributed by atoms with van der Waals surface area (Å²) < 4.78 is 13.2. The molecule has 1 amide bonds. The number of carbonyl (C=O) groups is 2. The molecule has 0 saturated heterocycles. The first-order valence-corrected chi connectivity index (χ1v) is 10.4. The number of aromatic nitrogens is 2. The van der Waals surface area contributed by atoms with Crippen LogP contribution in [0.1, 0.15) is 34.6 Å². The Morgan fingerprint density at radius 1 is 1.21 bits per heavy atom. The molecular formula is C23H21ClN4O5. The van der Waals surface area contributed by atoms with Crippen molar-refractivity contribution in [3.8, 4) is 23.3 Å². The number of aryl methyl sites for hydroxylation is 1. The van der Waals surface area contributed by atoms with Gasteiger partial charge in [0.1, 0.15) is 29.4 Å². The fourth-order valence-electron chi connectivity index (χ4n) is 2.81. The van der Waals surface area contributed by atoms with Gasteiger partial charge in [0.2, 0.25) is 0 Å². The summed E-state index contributed by atoms with van der Waals surface area (Å²) in [6, 6.07) is 11.9. The topological polar surface area (TPSA) is 126 Å². The van der Waals surface area contributed by atoms with Crippen LogP contribution in [0.3, 0.4) is 0 Å². The molecule has 0 saturated carbocycles. The third-order valence-electron chi connectivity index (χ3n) is 4.47. The number of aliphatic hydroxyl groups excluding tert-OH is 1. The number of nitriles is 1. The highest BCUT2D eigenvalue weighted by Gasteiger charge is 2.15. The number of ether oxygens (including phenoxy) is 2. The molecule has 170 valence electrons. The minimum Gasteiger partial charge on any atom is -0.488 e. The van der Waals surface area contributed by atoms with E-state index in [-0.39, 0.29) is 34.3 Å². The van der Waals surface area contributed by atoms with Crippen molar-refractivity contribution < 1.29 is 24.2 Å². The van der Waals surface area contributed by atoms with E-state index < -0.39 is 17.8 Å². The molecule has 33 heavy (non-hydrogen) atoms. The van der Waals surface area contributed by atoms with Crippen LogP contribution in [0.4, 0.5) is 5.82 Å². The van der Waals surface area contributed by atoms with Gasteiger partial charge in [-0.25, -0.2) is 0 Å². The van der Waals surface area contributed by atoms with Gasteiger partial charge in [0.15, 0.2) is 5.82 Å². The number of nitrogens with zero attached hydrogens (tertiary/aromatic N) is 3. The minimum absolute atomic E-state index is 0.113. The predicted molar refractivity (Wildman–Crippen MR) is 121 cm³/mol. The van der Waals surface area contributed by atoms with Crippen LogP contribution in [0.5, 0.6) is 17.2 Å². The highest BCUT2D eigenvalue weighted by Crippen LogP contribution is 2.33. The number of halogens is 1. The third-order valence-corrected chi connectivity index (χ3v) is 4.76. The summed E-state index contributed by atoms with van der Waals surface area (Å²) in [4.78, 5) is 24.4. The van der Waals surface area contributed by atoms with Crippen LogP contribution in [-0.4, -0.2) is 39.3 Å². The van der Waals surface area contributed by atoms with Gasteiger partial charge in [0.25, 0.3) is 11.7 Å². The Morgan fingerprint density at radius 2 is 1.97 bits per heavy atom. The lowest BCUT2D eigenvalue weighted by Crippen LogP contribution is -2.17. The smallest absolute Gasteiger partial charge is 0.262 e. The van der Waals surface area contributed by atoms with Crippen molar-refractivity contribution in [2.45, 2.75) is 26.5 Å². The second kappa shape index (κ2) is 10.6. The minimum atomic E-state index is -0.721. The molecule has 9 nitrogen and oxygen atoms in total. The number of hydrogen-bond donors (Lipinski definition) is 2. The summed E-state index contributed by atoms with van der Waals surface area (Å²) in [5.41, 5.74) is 0.362. The Labute approximate surface area is 195 Å². The maximum Gasteiger partial charge on any atom is 0.262 e. The number of rotatable bonds is 9. The largest absolute Gasteiger partial charge is 0.488 e. The fraction of sp³-hybridized carbons (Fsp3) is 0.217. The lowest BCUT2D eigenvalue weighted by Gasteiger charge is -2.15. The SMILES string of the molecule is CCn1ccc(NC(=O)c2cc(Oc3ccc(C(=O)C#N)cc3Cl)cc(O[C@@H](C)CO)c2)n1. The first kappa shape index (κ1) is 23.8. The van der Waals surface area contributed by atoms with Gasteiger partial charge in [0, 0.05) is 36.0 Å². The average Bonchev–Trinajstić information content (AvgIpc) is 3.27. The van der Waals surface area contributed by atoms with E-state index in [0.29, 0.717) is 18.1 Å². The molecule has 0 aliphatic rings. The standard InChI is InChI=1S/C23H21ClN4O5/c1-3-28-7-6-22(27-28)26-23(31)16-8-17(32-14(2)13-29)11-18(9-16)33-21-5-4-15(10-19(21)24)20(30)12-25/h4-11,14,29H,3,13H2,1-2H3,(H,26,27,31)/t14-/m0/s1. The maximum atomic E-state index is 12.8.